The Bertz CT molecular complexity index is 828. The maximum atomic E-state index is 12.9. The molecule has 7 heteroatoms. The SMILES string of the molecule is CC(=O)N1CCc2cc(S(=O)(=O)C(C)CC(=O)NC3CCCCC3)ccc21. The summed E-state index contributed by atoms with van der Waals surface area (Å²) >= 11 is 0. The Morgan fingerprint density at radius 1 is 1.22 bits per heavy atom. The molecule has 2 aliphatic rings. The largest absolute Gasteiger partial charge is 0.353 e. The lowest BCUT2D eigenvalue weighted by molar-refractivity contribution is -0.122. The molecule has 148 valence electrons. The van der Waals surface area contributed by atoms with Crippen molar-refractivity contribution in [1.82, 2.24) is 5.32 Å². The van der Waals surface area contributed by atoms with Crippen LogP contribution in [0.1, 0.15) is 57.9 Å². The second-order valence-corrected chi connectivity index (χ2v) is 10.0. The first-order chi connectivity index (χ1) is 12.8. The summed E-state index contributed by atoms with van der Waals surface area (Å²) in [5, 5.41) is 2.20. The van der Waals surface area contributed by atoms with Crippen molar-refractivity contribution in [2.45, 2.75) is 75.0 Å². The number of rotatable bonds is 5. The van der Waals surface area contributed by atoms with Gasteiger partial charge in [0.1, 0.15) is 0 Å². The summed E-state index contributed by atoms with van der Waals surface area (Å²) in [6, 6.07) is 5.08. The molecule has 2 amide bonds. The fraction of sp³-hybridized carbons (Fsp3) is 0.600. The fourth-order valence-corrected chi connectivity index (χ4v) is 5.42. The summed E-state index contributed by atoms with van der Waals surface area (Å²) in [5.74, 6) is -0.237. The van der Waals surface area contributed by atoms with Crippen LogP contribution in [0.2, 0.25) is 0 Å². The van der Waals surface area contributed by atoms with Crippen LogP contribution in [0.5, 0.6) is 0 Å². The first-order valence-electron chi connectivity index (χ1n) is 9.73. The lowest BCUT2D eigenvalue weighted by Gasteiger charge is -2.23. The van der Waals surface area contributed by atoms with Gasteiger partial charge in [0.15, 0.2) is 9.84 Å². The molecule has 27 heavy (non-hydrogen) atoms. The Kier molecular flexibility index (Phi) is 5.89. The molecule has 1 aliphatic carbocycles. The van der Waals surface area contributed by atoms with E-state index in [1.165, 1.54) is 13.3 Å². The zero-order chi connectivity index (χ0) is 19.6. The third kappa shape index (κ3) is 4.34. The predicted octanol–water partition coefficient (Wildman–Crippen LogP) is 2.60. The Morgan fingerprint density at radius 2 is 1.93 bits per heavy atom. The van der Waals surface area contributed by atoms with Gasteiger partial charge in [0, 0.05) is 31.6 Å². The quantitative estimate of drug-likeness (QED) is 0.835. The number of hydrogen-bond acceptors (Lipinski definition) is 4. The van der Waals surface area contributed by atoms with Gasteiger partial charge < -0.3 is 10.2 Å². The van der Waals surface area contributed by atoms with E-state index < -0.39 is 15.1 Å². The minimum Gasteiger partial charge on any atom is -0.353 e. The number of fused-ring (bicyclic) bond motifs is 1. The van der Waals surface area contributed by atoms with Gasteiger partial charge in [-0.25, -0.2) is 8.42 Å². The molecule has 1 saturated carbocycles. The van der Waals surface area contributed by atoms with E-state index in [0.29, 0.717) is 13.0 Å². The highest BCUT2D eigenvalue weighted by molar-refractivity contribution is 7.92. The number of carbonyl (C=O) groups excluding carboxylic acids is 2. The van der Waals surface area contributed by atoms with Crippen LogP contribution < -0.4 is 10.2 Å². The van der Waals surface area contributed by atoms with Crippen molar-refractivity contribution < 1.29 is 18.0 Å². The molecule has 1 unspecified atom stereocenters. The van der Waals surface area contributed by atoms with Crippen LogP contribution in [0.25, 0.3) is 0 Å². The molecule has 0 aromatic heterocycles. The average Bonchev–Trinajstić information content (AvgIpc) is 3.05. The smallest absolute Gasteiger partial charge is 0.223 e. The van der Waals surface area contributed by atoms with E-state index >= 15 is 0 Å². The number of anilines is 1. The number of benzene rings is 1. The highest BCUT2D eigenvalue weighted by atomic mass is 32.2. The standard InChI is InChI=1S/C20H28N2O4S/c1-14(12-20(24)21-17-6-4-3-5-7-17)27(25,26)18-8-9-19-16(13-18)10-11-22(19)15(2)23/h8-9,13-14,17H,3-7,10-12H2,1-2H3,(H,21,24). The third-order valence-corrected chi connectivity index (χ3v) is 7.77. The highest BCUT2D eigenvalue weighted by Gasteiger charge is 2.29. The van der Waals surface area contributed by atoms with E-state index in [1.807, 2.05) is 0 Å². The summed E-state index contributed by atoms with van der Waals surface area (Å²) < 4.78 is 25.8. The number of nitrogens with one attached hydrogen (secondary N) is 1. The second kappa shape index (κ2) is 8.00. The zero-order valence-corrected chi connectivity index (χ0v) is 16.8. The van der Waals surface area contributed by atoms with Gasteiger partial charge in [0.25, 0.3) is 0 Å². The maximum absolute atomic E-state index is 12.9. The Morgan fingerprint density at radius 3 is 2.59 bits per heavy atom. The molecule has 1 fully saturated rings. The summed E-state index contributed by atoms with van der Waals surface area (Å²) in [4.78, 5) is 25.8. The van der Waals surface area contributed by atoms with Crippen molar-refractivity contribution in [2.75, 3.05) is 11.4 Å². The molecule has 0 radical (unpaired) electrons. The molecule has 1 atom stereocenters. The molecular weight excluding hydrogens is 364 g/mol. The van der Waals surface area contributed by atoms with Gasteiger partial charge in [-0.1, -0.05) is 19.3 Å². The van der Waals surface area contributed by atoms with Gasteiger partial charge in [-0.15, -0.1) is 0 Å². The van der Waals surface area contributed by atoms with E-state index in [9.17, 15) is 18.0 Å². The lowest BCUT2D eigenvalue weighted by Crippen LogP contribution is -2.38. The molecule has 1 N–H and O–H groups in total. The van der Waals surface area contributed by atoms with Gasteiger partial charge in [-0.05, 0) is 49.9 Å². The molecule has 1 aromatic rings. The number of sulfone groups is 1. The molecule has 1 aliphatic heterocycles. The average molecular weight is 393 g/mol. The maximum Gasteiger partial charge on any atom is 0.223 e. The fourth-order valence-electron chi connectivity index (χ4n) is 4.02. The van der Waals surface area contributed by atoms with Crippen LogP contribution in [0, 0.1) is 0 Å². The lowest BCUT2D eigenvalue weighted by atomic mass is 9.95. The monoisotopic (exact) mass is 392 g/mol. The molecule has 1 aromatic carbocycles. The van der Waals surface area contributed by atoms with Gasteiger partial charge in [-0.3, -0.25) is 9.59 Å². The van der Waals surface area contributed by atoms with Crippen LogP contribution >= 0.6 is 0 Å². The molecule has 1 heterocycles. The first-order valence-corrected chi connectivity index (χ1v) is 11.3. The van der Waals surface area contributed by atoms with Crippen LogP contribution in [0.4, 0.5) is 5.69 Å². The second-order valence-electron chi connectivity index (χ2n) is 7.67. The van der Waals surface area contributed by atoms with Gasteiger partial charge in [0.05, 0.1) is 10.1 Å². The number of amides is 2. The number of hydrogen-bond donors (Lipinski definition) is 1. The minimum absolute atomic E-state index is 0.0323. The zero-order valence-electron chi connectivity index (χ0n) is 16.0. The first kappa shape index (κ1) is 19.9. The van der Waals surface area contributed by atoms with Gasteiger partial charge >= 0.3 is 0 Å². The Hall–Kier alpha value is -1.89. The number of carbonyl (C=O) groups is 2. The van der Waals surface area contributed by atoms with E-state index in [4.69, 9.17) is 0 Å². The van der Waals surface area contributed by atoms with Crippen molar-refractivity contribution in [1.29, 1.82) is 0 Å². The van der Waals surface area contributed by atoms with E-state index in [1.54, 1.807) is 30.0 Å². The third-order valence-electron chi connectivity index (χ3n) is 5.63. The van der Waals surface area contributed by atoms with Gasteiger partial charge in [0.2, 0.25) is 11.8 Å². The molecule has 6 nitrogen and oxygen atoms in total. The van der Waals surface area contributed by atoms with Crippen molar-refractivity contribution in [3.05, 3.63) is 23.8 Å². The summed E-state index contributed by atoms with van der Waals surface area (Å²) in [6.45, 7) is 3.67. The summed E-state index contributed by atoms with van der Waals surface area (Å²) in [6.07, 6.45) is 6.01. The van der Waals surface area contributed by atoms with Gasteiger partial charge in [-0.2, -0.15) is 0 Å². The minimum atomic E-state index is -3.60. The summed E-state index contributed by atoms with van der Waals surface area (Å²) in [5.41, 5.74) is 1.65. The Labute approximate surface area is 161 Å². The van der Waals surface area contributed by atoms with Crippen LogP contribution in [-0.4, -0.2) is 38.1 Å². The molecule has 3 rings (SSSR count). The topological polar surface area (TPSA) is 83.6 Å². The number of nitrogens with zero attached hydrogens (tertiary/aromatic N) is 1. The van der Waals surface area contributed by atoms with Crippen molar-refractivity contribution in [2.24, 2.45) is 0 Å². The molecular formula is C20H28N2O4S. The summed E-state index contributed by atoms with van der Waals surface area (Å²) in [7, 11) is -3.60. The van der Waals surface area contributed by atoms with E-state index in [2.05, 4.69) is 5.32 Å². The highest BCUT2D eigenvalue weighted by Crippen LogP contribution is 2.31. The van der Waals surface area contributed by atoms with Crippen molar-refractivity contribution in [3.63, 3.8) is 0 Å². The van der Waals surface area contributed by atoms with E-state index in [0.717, 1.165) is 36.9 Å². The van der Waals surface area contributed by atoms with Crippen LogP contribution in [0.15, 0.2) is 23.1 Å². The van der Waals surface area contributed by atoms with Crippen LogP contribution in [0.3, 0.4) is 0 Å². The molecule has 0 saturated heterocycles. The van der Waals surface area contributed by atoms with Crippen molar-refractivity contribution in [3.8, 4) is 0 Å². The predicted molar refractivity (Wildman–Crippen MR) is 104 cm³/mol. The van der Waals surface area contributed by atoms with Crippen molar-refractivity contribution >= 4 is 27.3 Å². The normalized spacial score (nSPS) is 18.8. The van der Waals surface area contributed by atoms with Crippen LogP contribution in [-0.2, 0) is 25.8 Å². The Balaban J connectivity index is 1.68. The van der Waals surface area contributed by atoms with E-state index in [-0.39, 0.29) is 29.2 Å². The molecule has 0 bridgehead atoms. The molecule has 0 spiro atoms.